The molecule has 0 N–H and O–H groups in total. The number of nitriles is 1. The molecule has 0 amide bonds. The Morgan fingerprint density at radius 3 is 2.45 bits per heavy atom. The molecule has 0 saturated carbocycles. The lowest BCUT2D eigenvalue weighted by atomic mass is 10.1. The molecule has 1 aliphatic heterocycles. The van der Waals surface area contributed by atoms with Crippen LogP contribution >= 0.6 is 0 Å². The number of benzene rings is 2. The van der Waals surface area contributed by atoms with Crippen LogP contribution in [0.15, 0.2) is 59.8 Å². The molecular formula is C23H22N4O5S. The Kier molecular flexibility index (Phi) is 6.18. The third-order valence-corrected chi connectivity index (χ3v) is 7.52. The van der Waals surface area contributed by atoms with E-state index in [1.54, 1.807) is 13.4 Å². The average molecular weight is 467 g/mol. The fourth-order valence-corrected chi connectivity index (χ4v) is 5.37. The Morgan fingerprint density at radius 1 is 1.15 bits per heavy atom. The highest BCUT2D eigenvalue weighted by molar-refractivity contribution is 7.89. The van der Waals surface area contributed by atoms with E-state index in [-0.39, 0.29) is 17.9 Å². The minimum Gasteiger partial charge on any atom is -0.497 e. The van der Waals surface area contributed by atoms with E-state index in [9.17, 15) is 13.2 Å². The van der Waals surface area contributed by atoms with Crippen LogP contribution in [0.5, 0.6) is 5.75 Å². The second kappa shape index (κ2) is 9.05. The van der Waals surface area contributed by atoms with Gasteiger partial charge < -0.3 is 14.0 Å². The Morgan fingerprint density at radius 2 is 1.85 bits per heavy atom. The molecular weight excluding hydrogens is 444 g/mol. The Hall–Kier alpha value is -3.68. The zero-order chi connectivity index (χ0) is 23.6. The monoisotopic (exact) mass is 466 g/mol. The van der Waals surface area contributed by atoms with Crippen LogP contribution in [0.3, 0.4) is 0 Å². The third kappa shape index (κ3) is 4.33. The van der Waals surface area contributed by atoms with E-state index in [2.05, 4.69) is 4.98 Å². The molecule has 4 rings (SSSR count). The summed E-state index contributed by atoms with van der Waals surface area (Å²) in [6.07, 6.45) is 1.76. The van der Waals surface area contributed by atoms with Gasteiger partial charge in [0.1, 0.15) is 11.8 Å². The van der Waals surface area contributed by atoms with Crippen LogP contribution in [0, 0.1) is 11.3 Å². The SMILES string of the molecule is COC(=O)[C@@H]1Cc2ncn(Cc3ccc(OC)cc3)c2CN1S(=O)(=O)c1ccc(C#N)cc1. The van der Waals surface area contributed by atoms with E-state index in [1.807, 2.05) is 34.9 Å². The van der Waals surface area contributed by atoms with Crippen molar-refractivity contribution in [2.24, 2.45) is 0 Å². The number of methoxy groups -OCH3 is 2. The lowest BCUT2D eigenvalue weighted by Gasteiger charge is -2.33. The lowest BCUT2D eigenvalue weighted by Crippen LogP contribution is -2.49. The molecule has 10 heteroatoms. The lowest BCUT2D eigenvalue weighted by molar-refractivity contribution is -0.145. The minimum absolute atomic E-state index is 0.0000674. The number of rotatable bonds is 6. The second-order valence-electron chi connectivity index (χ2n) is 7.54. The zero-order valence-electron chi connectivity index (χ0n) is 18.1. The van der Waals surface area contributed by atoms with Gasteiger partial charge in [-0.25, -0.2) is 13.4 Å². The third-order valence-electron chi connectivity index (χ3n) is 5.65. The molecule has 0 aliphatic carbocycles. The number of sulfonamides is 1. The van der Waals surface area contributed by atoms with Crippen LogP contribution in [-0.2, 0) is 39.1 Å². The number of esters is 1. The summed E-state index contributed by atoms with van der Waals surface area (Å²) in [7, 11) is -1.22. The first-order chi connectivity index (χ1) is 15.9. The van der Waals surface area contributed by atoms with Gasteiger partial charge in [0.15, 0.2) is 0 Å². The van der Waals surface area contributed by atoms with Gasteiger partial charge in [0.2, 0.25) is 10.0 Å². The summed E-state index contributed by atoms with van der Waals surface area (Å²) in [4.78, 5) is 16.9. The van der Waals surface area contributed by atoms with E-state index in [0.29, 0.717) is 23.5 Å². The molecule has 2 aromatic carbocycles. The van der Waals surface area contributed by atoms with Crippen LogP contribution in [-0.4, -0.2) is 48.5 Å². The molecule has 0 bridgehead atoms. The van der Waals surface area contributed by atoms with Gasteiger partial charge in [-0.1, -0.05) is 12.1 Å². The molecule has 33 heavy (non-hydrogen) atoms. The van der Waals surface area contributed by atoms with E-state index in [1.165, 1.54) is 31.4 Å². The number of hydrogen-bond donors (Lipinski definition) is 0. The number of hydrogen-bond acceptors (Lipinski definition) is 7. The van der Waals surface area contributed by atoms with Gasteiger partial charge in [-0.05, 0) is 42.0 Å². The molecule has 1 atom stereocenters. The maximum absolute atomic E-state index is 13.5. The summed E-state index contributed by atoms with van der Waals surface area (Å²) in [5, 5.41) is 9.01. The van der Waals surface area contributed by atoms with Crippen molar-refractivity contribution in [2.75, 3.05) is 14.2 Å². The number of nitrogens with zero attached hydrogens (tertiary/aromatic N) is 4. The summed E-state index contributed by atoms with van der Waals surface area (Å²) in [6.45, 7) is 0.452. The van der Waals surface area contributed by atoms with Crippen molar-refractivity contribution in [3.05, 3.63) is 77.4 Å². The first-order valence-electron chi connectivity index (χ1n) is 10.1. The summed E-state index contributed by atoms with van der Waals surface area (Å²) in [5.41, 5.74) is 2.71. The molecule has 0 fully saturated rings. The standard InChI is InChI=1S/C23H22N4O5S/c1-31-18-7-3-17(4-8-18)13-26-15-25-20-11-21(23(28)32-2)27(14-22(20)26)33(29,30)19-9-5-16(12-24)6-10-19/h3-10,15,21H,11,13-14H2,1-2H3/t21-/m0/s1. The normalized spacial score (nSPS) is 16.0. The average Bonchev–Trinajstić information content (AvgIpc) is 3.24. The van der Waals surface area contributed by atoms with Crippen molar-refractivity contribution in [2.45, 2.75) is 30.4 Å². The van der Waals surface area contributed by atoms with Crippen LogP contribution in [0.25, 0.3) is 0 Å². The van der Waals surface area contributed by atoms with Gasteiger partial charge in [0, 0.05) is 13.0 Å². The maximum atomic E-state index is 13.5. The Labute approximate surface area is 191 Å². The molecule has 1 aromatic heterocycles. The van der Waals surface area contributed by atoms with Crippen molar-refractivity contribution in [1.29, 1.82) is 5.26 Å². The molecule has 9 nitrogen and oxygen atoms in total. The quantitative estimate of drug-likeness (QED) is 0.511. The number of carbonyl (C=O) groups excluding carboxylic acids is 1. The molecule has 3 aromatic rings. The van der Waals surface area contributed by atoms with Crippen molar-refractivity contribution >= 4 is 16.0 Å². The van der Waals surface area contributed by atoms with E-state index < -0.39 is 22.0 Å². The van der Waals surface area contributed by atoms with Crippen molar-refractivity contribution < 1.29 is 22.7 Å². The molecule has 0 radical (unpaired) electrons. The fourth-order valence-electron chi connectivity index (χ4n) is 3.83. The topological polar surface area (TPSA) is 115 Å². The maximum Gasteiger partial charge on any atom is 0.324 e. The number of ether oxygens (including phenoxy) is 2. The highest BCUT2D eigenvalue weighted by atomic mass is 32.2. The Bertz CT molecular complexity index is 1310. The number of imidazole rings is 1. The van der Waals surface area contributed by atoms with Crippen molar-refractivity contribution in [1.82, 2.24) is 13.9 Å². The largest absolute Gasteiger partial charge is 0.497 e. The van der Waals surface area contributed by atoms with Gasteiger partial charge >= 0.3 is 5.97 Å². The molecule has 2 heterocycles. The highest BCUT2D eigenvalue weighted by Gasteiger charge is 2.42. The first kappa shape index (κ1) is 22.5. The molecule has 170 valence electrons. The van der Waals surface area contributed by atoms with Gasteiger partial charge in [0.25, 0.3) is 0 Å². The fraction of sp³-hybridized carbons (Fsp3) is 0.261. The summed E-state index contributed by atoms with van der Waals surface area (Å²) in [5.74, 6) is 0.0922. The van der Waals surface area contributed by atoms with Gasteiger partial charge in [-0.15, -0.1) is 0 Å². The van der Waals surface area contributed by atoms with Crippen LogP contribution in [0.4, 0.5) is 0 Å². The number of fused-ring (bicyclic) bond motifs is 1. The van der Waals surface area contributed by atoms with E-state index >= 15 is 0 Å². The Balaban J connectivity index is 1.69. The summed E-state index contributed by atoms with van der Waals surface area (Å²) < 4.78 is 40.1. The molecule has 1 aliphatic rings. The predicted octanol–water partition coefficient (Wildman–Crippen LogP) is 2.10. The molecule has 0 saturated heterocycles. The highest BCUT2D eigenvalue weighted by Crippen LogP contribution is 2.30. The van der Waals surface area contributed by atoms with Crippen molar-refractivity contribution in [3.8, 4) is 11.8 Å². The van der Waals surface area contributed by atoms with Gasteiger partial charge in [-0.2, -0.15) is 9.57 Å². The summed E-state index contributed by atoms with van der Waals surface area (Å²) >= 11 is 0. The zero-order valence-corrected chi connectivity index (χ0v) is 18.9. The van der Waals surface area contributed by atoms with Crippen LogP contribution < -0.4 is 4.74 Å². The van der Waals surface area contributed by atoms with Gasteiger partial charge in [0.05, 0.1) is 55.0 Å². The predicted molar refractivity (Wildman–Crippen MR) is 118 cm³/mol. The second-order valence-corrected chi connectivity index (χ2v) is 9.43. The molecule has 0 spiro atoms. The number of carbonyl (C=O) groups is 1. The minimum atomic E-state index is -4.05. The number of aromatic nitrogens is 2. The van der Waals surface area contributed by atoms with E-state index in [4.69, 9.17) is 14.7 Å². The smallest absolute Gasteiger partial charge is 0.324 e. The van der Waals surface area contributed by atoms with E-state index in [0.717, 1.165) is 15.6 Å². The van der Waals surface area contributed by atoms with Gasteiger partial charge in [-0.3, -0.25) is 4.79 Å². The first-order valence-corrected chi connectivity index (χ1v) is 11.6. The van der Waals surface area contributed by atoms with Crippen LogP contribution in [0.2, 0.25) is 0 Å². The van der Waals surface area contributed by atoms with Crippen LogP contribution in [0.1, 0.15) is 22.5 Å². The van der Waals surface area contributed by atoms with Crippen molar-refractivity contribution in [3.63, 3.8) is 0 Å². The summed E-state index contributed by atoms with van der Waals surface area (Å²) in [6, 6.07) is 14.1. The molecule has 0 unspecified atom stereocenters.